The van der Waals surface area contributed by atoms with Crippen LogP contribution in [0.3, 0.4) is 0 Å². The number of carbonyl (C=O) groups excluding carboxylic acids is 1. The number of thioether (sulfide) groups is 1. The van der Waals surface area contributed by atoms with Gasteiger partial charge in [0.2, 0.25) is 5.91 Å². The lowest BCUT2D eigenvalue weighted by Crippen LogP contribution is -2.57. The number of likely N-dealkylation sites (tertiary alicyclic amines) is 1. The summed E-state index contributed by atoms with van der Waals surface area (Å²) in [6.07, 6.45) is 9.17. The molecule has 0 aromatic heterocycles. The number of piperidine rings is 1. The highest BCUT2D eigenvalue weighted by molar-refractivity contribution is 8.00. The number of nitrogens with zero attached hydrogens (tertiary/aromatic N) is 1. The molecule has 3 fully saturated rings. The number of carbonyl (C=O) groups is 1. The van der Waals surface area contributed by atoms with Gasteiger partial charge in [0, 0.05) is 28.8 Å². The fraction of sp³-hybridized carbons (Fsp3) is 0.941. The maximum absolute atomic E-state index is 13.0. The van der Waals surface area contributed by atoms with Crippen LogP contribution in [0, 0.1) is 5.92 Å². The van der Waals surface area contributed by atoms with Gasteiger partial charge in [0.15, 0.2) is 0 Å². The third-order valence-electron chi connectivity index (χ3n) is 5.87. The van der Waals surface area contributed by atoms with Gasteiger partial charge in [-0.1, -0.05) is 6.92 Å². The molecule has 1 spiro atoms. The summed E-state index contributed by atoms with van der Waals surface area (Å²) >= 11 is 2.08. The summed E-state index contributed by atoms with van der Waals surface area (Å²) in [5.74, 6) is 1.90. The van der Waals surface area contributed by atoms with Crippen molar-refractivity contribution in [2.45, 2.75) is 88.1 Å². The first-order valence-corrected chi connectivity index (χ1v) is 9.75. The predicted octanol–water partition coefficient (Wildman–Crippen LogP) is 3.17. The van der Waals surface area contributed by atoms with E-state index in [2.05, 4.69) is 30.5 Å². The van der Waals surface area contributed by atoms with Crippen molar-refractivity contribution in [2.75, 3.05) is 5.75 Å². The highest BCUT2D eigenvalue weighted by atomic mass is 32.2. The van der Waals surface area contributed by atoms with E-state index in [1.54, 1.807) is 0 Å². The Morgan fingerprint density at radius 3 is 2.71 bits per heavy atom. The fourth-order valence-corrected chi connectivity index (χ4v) is 6.48. The van der Waals surface area contributed by atoms with E-state index in [9.17, 15) is 4.79 Å². The molecule has 0 aromatic rings. The maximum atomic E-state index is 13.0. The second-order valence-corrected chi connectivity index (χ2v) is 9.04. The van der Waals surface area contributed by atoms with Crippen LogP contribution in [0.15, 0.2) is 0 Å². The molecule has 0 radical (unpaired) electrons. The average Bonchev–Trinajstić information content (AvgIpc) is 2.43. The van der Waals surface area contributed by atoms with E-state index < -0.39 is 0 Å². The SMILES string of the molecule is CC[C@@H]1CCC[C@H](C)N1C(=O)C1CC2(CC(N)CCS2)C1. The van der Waals surface area contributed by atoms with Gasteiger partial charge in [-0.05, 0) is 64.0 Å². The molecule has 2 heterocycles. The quantitative estimate of drug-likeness (QED) is 0.852. The lowest BCUT2D eigenvalue weighted by atomic mass is 9.69. The molecule has 1 aliphatic carbocycles. The van der Waals surface area contributed by atoms with Crippen molar-refractivity contribution in [2.24, 2.45) is 11.7 Å². The number of rotatable bonds is 2. The third kappa shape index (κ3) is 2.98. The van der Waals surface area contributed by atoms with Gasteiger partial charge in [-0.15, -0.1) is 0 Å². The zero-order chi connectivity index (χ0) is 15.0. The van der Waals surface area contributed by atoms with Crippen molar-refractivity contribution in [3.05, 3.63) is 0 Å². The summed E-state index contributed by atoms with van der Waals surface area (Å²) in [6, 6.07) is 1.28. The summed E-state index contributed by atoms with van der Waals surface area (Å²) < 4.78 is 0.346. The lowest BCUT2D eigenvalue weighted by Gasteiger charge is -2.53. The van der Waals surface area contributed by atoms with E-state index in [1.807, 2.05) is 0 Å². The first kappa shape index (κ1) is 15.7. The monoisotopic (exact) mass is 310 g/mol. The summed E-state index contributed by atoms with van der Waals surface area (Å²) in [7, 11) is 0. The van der Waals surface area contributed by atoms with E-state index in [0.29, 0.717) is 28.8 Å². The molecule has 2 N–H and O–H groups in total. The molecule has 3 nitrogen and oxygen atoms in total. The molecule has 0 aromatic carbocycles. The molecule has 21 heavy (non-hydrogen) atoms. The number of hydrogen-bond donors (Lipinski definition) is 1. The normalized spacial score (nSPS) is 43.7. The Morgan fingerprint density at radius 1 is 1.29 bits per heavy atom. The van der Waals surface area contributed by atoms with Gasteiger partial charge < -0.3 is 10.6 Å². The lowest BCUT2D eigenvalue weighted by molar-refractivity contribution is -0.146. The van der Waals surface area contributed by atoms with Gasteiger partial charge in [-0.25, -0.2) is 0 Å². The Morgan fingerprint density at radius 2 is 2.05 bits per heavy atom. The van der Waals surface area contributed by atoms with Crippen LogP contribution in [0.2, 0.25) is 0 Å². The van der Waals surface area contributed by atoms with Crippen LogP contribution in [0.5, 0.6) is 0 Å². The van der Waals surface area contributed by atoms with Gasteiger partial charge in [-0.3, -0.25) is 4.79 Å². The van der Waals surface area contributed by atoms with Crippen molar-refractivity contribution >= 4 is 17.7 Å². The molecule has 3 aliphatic rings. The van der Waals surface area contributed by atoms with Gasteiger partial charge in [0.25, 0.3) is 0 Å². The Hall–Kier alpha value is -0.220. The van der Waals surface area contributed by atoms with E-state index in [1.165, 1.54) is 25.0 Å². The first-order chi connectivity index (χ1) is 10.0. The topological polar surface area (TPSA) is 46.3 Å². The van der Waals surface area contributed by atoms with E-state index in [0.717, 1.165) is 32.1 Å². The minimum atomic E-state index is 0.275. The maximum Gasteiger partial charge on any atom is 0.226 e. The minimum Gasteiger partial charge on any atom is -0.337 e. The van der Waals surface area contributed by atoms with Gasteiger partial charge >= 0.3 is 0 Å². The number of hydrogen-bond acceptors (Lipinski definition) is 3. The smallest absolute Gasteiger partial charge is 0.226 e. The Bertz CT molecular complexity index is 394. The predicted molar refractivity (Wildman–Crippen MR) is 89.4 cm³/mol. The molecule has 2 saturated heterocycles. The van der Waals surface area contributed by atoms with Crippen molar-refractivity contribution in [3.63, 3.8) is 0 Å². The first-order valence-electron chi connectivity index (χ1n) is 8.76. The molecule has 3 rings (SSSR count). The molecule has 4 heteroatoms. The van der Waals surface area contributed by atoms with Gasteiger partial charge in [-0.2, -0.15) is 11.8 Å². The standard InChI is InChI=1S/C17H30N2OS/c1-3-15-6-4-5-12(2)19(15)16(20)13-9-17(10-13)11-14(18)7-8-21-17/h12-15H,3-11,18H2,1-2H3/t12-,13?,14?,15+,17?/m0/s1. The molecule has 2 aliphatic heterocycles. The van der Waals surface area contributed by atoms with Crippen LogP contribution in [0.1, 0.15) is 65.2 Å². The van der Waals surface area contributed by atoms with Crippen LogP contribution < -0.4 is 5.73 Å². The Balaban J connectivity index is 1.61. The van der Waals surface area contributed by atoms with Crippen LogP contribution in [-0.2, 0) is 4.79 Å². The second kappa shape index (κ2) is 6.11. The van der Waals surface area contributed by atoms with Crippen LogP contribution in [-0.4, -0.2) is 39.4 Å². The molecule has 120 valence electrons. The number of nitrogens with two attached hydrogens (primary N) is 1. The second-order valence-electron chi connectivity index (χ2n) is 7.48. The van der Waals surface area contributed by atoms with E-state index >= 15 is 0 Å². The molecule has 1 amide bonds. The Labute approximate surface area is 133 Å². The van der Waals surface area contributed by atoms with Crippen molar-refractivity contribution in [3.8, 4) is 0 Å². The summed E-state index contributed by atoms with van der Waals surface area (Å²) in [6.45, 7) is 4.46. The molecule has 3 atom stereocenters. The third-order valence-corrected chi connectivity index (χ3v) is 7.42. The van der Waals surface area contributed by atoms with Crippen LogP contribution in [0.25, 0.3) is 0 Å². The summed E-state index contributed by atoms with van der Waals surface area (Å²) in [5.41, 5.74) is 6.14. The van der Waals surface area contributed by atoms with E-state index in [-0.39, 0.29) is 5.92 Å². The minimum absolute atomic E-state index is 0.275. The number of amides is 1. The summed E-state index contributed by atoms with van der Waals surface area (Å²) in [4.78, 5) is 15.2. The van der Waals surface area contributed by atoms with Crippen molar-refractivity contribution in [1.29, 1.82) is 0 Å². The fourth-order valence-electron chi connectivity index (χ4n) is 4.66. The zero-order valence-electron chi connectivity index (χ0n) is 13.5. The zero-order valence-corrected chi connectivity index (χ0v) is 14.3. The van der Waals surface area contributed by atoms with Gasteiger partial charge in [0.05, 0.1) is 0 Å². The van der Waals surface area contributed by atoms with E-state index in [4.69, 9.17) is 5.73 Å². The van der Waals surface area contributed by atoms with Crippen LogP contribution in [0.4, 0.5) is 0 Å². The molecular weight excluding hydrogens is 280 g/mol. The van der Waals surface area contributed by atoms with Gasteiger partial charge in [0.1, 0.15) is 0 Å². The molecular formula is C17H30N2OS. The largest absolute Gasteiger partial charge is 0.337 e. The average molecular weight is 311 g/mol. The summed E-state index contributed by atoms with van der Waals surface area (Å²) in [5, 5.41) is 0. The molecule has 0 bridgehead atoms. The molecule has 1 unspecified atom stereocenters. The van der Waals surface area contributed by atoms with Crippen molar-refractivity contribution < 1.29 is 4.79 Å². The highest BCUT2D eigenvalue weighted by Crippen LogP contribution is 2.54. The highest BCUT2D eigenvalue weighted by Gasteiger charge is 2.51. The van der Waals surface area contributed by atoms with Crippen molar-refractivity contribution in [1.82, 2.24) is 4.90 Å². The Kier molecular flexibility index (Phi) is 4.56. The molecule has 1 saturated carbocycles. The van der Waals surface area contributed by atoms with Crippen LogP contribution >= 0.6 is 11.8 Å².